The summed E-state index contributed by atoms with van der Waals surface area (Å²) >= 11 is 0. The SMILES string of the molecule is C=CC(=O)OCCOc1ccc(C)c(/C=C\N=C)c1. The van der Waals surface area contributed by atoms with E-state index in [-0.39, 0.29) is 6.61 Å². The van der Waals surface area contributed by atoms with Crippen molar-refractivity contribution >= 4 is 18.8 Å². The summed E-state index contributed by atoms with van der Waals surface area (Å²) in [6, 6.07) is 5.71. The Kier molecular flexibility index (Phi) is 6.09. The minimum atomic E-state index is -0.451. The Labute approximate surface area is 113 Å². The van der Waals surface area contributed by atoms with Crippen LogP contribution in [0.3, 0.4) is 0 Å². The first-order valence-electron chi connectivity index (χ1n) is 5.82. The molecule has 100 valence electrons. The van der Waals surface area contributed by atoms with Gasteiger partial charge < -0.3 is 9.47 Å². The lowest BCUT2D eigenvalue weighted by Gasteiger charge is -2.08. The molecular weight excluding hydrogens is 242 g/mol. The number of hydrogen-bond acceptors (Lipinski definition) is 4. The number of carbonyl (C=O) groups is 1. The molecule has 0 bridgehead atoms. The fourth-order valence-corrected chi connectivity index (χ4v) is 1.38. The standard InChI is InChI=1S/C15H17NO3/c1-4-15(17)19-10-9-18-14-6-5-12(2)13(11-14)7-8-16-3/h4-8,11H,1,3,9-10H2,2H3/b8-7-. The molecule has 0 spiro atoms. The quantitative estimate of drug-likeness (QED) is 0.327. The third-order valence-corrected chi connectivity index (χ3v) is 2.37. The molecule has 0 aliphatic carbocycles. The highest BCUT2D eigenvalue weighted by atomic mass is 16.6. The maximum absolute atomic E-state index is 10.8. The molecule has 0 radical (unpaired) electrons. The smallest absolute Gasteiger partial charge is 0.330 e. The lowest BCUT2D eigenvalue weighted by atomic mass is 10.1. The number of aryl methyl sites for hydroxylation is 1. The van der Waals surface area contributed by atoms with Gasteiger partial charge in [0.05, 0.1) is 0 Å². The summed E-state index contributed by atoms with van der Waals surface area (Å²) in [7, 11) is 0. The molecule has 0 saturated heterocycles. The first kappa shape index (κ1) is 14.7. The van der Waals surface area contributed by atoms with Gasteiger partial charge in [0.25, 0.3) is 0 Å². The van der Waals surface area contributed by atoms with Crippen molar-refractivity contribution in [3.05, 3.63) is 48.2 Å². The largest absolute Gasteiger partial charge is 0.490 e. The Bertz CT molecular complexity index is 492. The van der Waals surface area contributed by atoms with E-state index < -0.39 is 5.97 Å². The number of carbonyl (C=O) groups excluding carboxylic acids is 1. The Morgan fingerprint density at radius 3 is 2.89 bits per heavy atom. The first-order chi connectivity index (χ1) is 9.17. The van der Waals surface area contributed by atoms with Crippen LogP contribution in [-0.4, -0.2) is 25.9 Å². The number of nitrogens with zero attached hydrogens (tertiary/aromatic N) is 1. The van der Waals surface area contributed by atoms with Crippen molar-refractivity contribution in [3.63, 3.8) is 0 Å². The van der Waals surface area contributed by atoms with Gasteiger partial charge in [0.1, 0.15) is 19.0 Å². The monoisotopic (exact) mass is 259 g/mol. The number of hydrogen-bond donors (Lipinski definition) is 0. The van der Waals surface area contributed by atoms with Crippen molar-refractivity contribution in [2.75, 3.05) is 13.2 Å². The van der Waals surface area contributed by atoms with E-state index in [1.165, 1.54) is 0 Å². The average molecular weight is 259 g/mol. The van der Waals surface area contributed by atoms with E-state index in [1.54, 1.807) is 6.20 Å². The summed E-state index contributed by atoms with van der Waals surface area (Å²) in [5.41, 5.74) is 2.12. The second-order valence-corrected chi connectivity index (χ2v) is 3.74. The van der Waals surface area contributed by atoms with Crippen molar-refractivity contribution in [2.24, 2.45) is 4.99 Å². The summed E-state index contributed by atoms with van der Waals surface area (Å²) in [4.78, 5) is 14.5. The zero-order valence-corrected chi connectivity index (χ0v) is 11.0. The van der Waals surface area contributed by atoms with Gasteiger partial charge in [-0.3, -0.25) is 4.99 Å². The van der Waals surface area contributed by atoms with Crippen LogP contribution in [0.25, 0.3) is 6.08 Å². The fraction of sp³-hybridized carbons (Fsp3) is 0.200. The number of ether oxygens (including phenoxy) is 2. The van der Waals surface area contributed by atoms with Gasteiger partial charge in [-0.15, -0.1) is 0 Å². The lowest BCUT2D eigenvalue weighted by molar-refractivity contribution is -0.138. The normalized spacial score (nSPS) is 10.2. The van der Waals surface area contributed by atoms with Crippen LogP contribution in [0.5, 0.6) is 5.75 Å². The molecule has 0 saturated carbocycles. The molecule has 0 atom stereocenters. The van der Waals surface area contributed by atoms with Gasteiger partial charge in [-0.05, 0) is 43.0 Å². The summed E-state index contributed by atoms with van der Waals surface area (Å²) in [6.45, 7) is 9.19. The van der Waals surface area contributed by atoms with Crippen LogP contribution >= 0.6 is 0 Å². The van der Waals surface area contributed by atoms with E-state index in [0.717, 1.165) is 17.2 Å². The number of esters is 1. The van der Waals surface area contributed by atoms with Gasteiger partial charge in [-0.1, -0.05) is 12.6 Å². The molecule has 1 rings (SSSR count). The van der Waals surface area contributed by atoms with E-state index in [0.29, 0.717) is 12.4 Å². The average Bonchev–Trinajstić information content (AvgIpc) is 2.43. The van der Waals surface area contributed by atoms with E-state index in [1.807, 2.05) is 31.2 Å². The topological polar surface area (TPSA) is 47.9 Å². The van der Waals surface area contributed by atoms with Crippen molar-refractivity contribution in [1.29, 1.82) is 0 Å². The number of rotatable bonds is 7. The highest BCUT2D eigenvalue weighted by molar-refractivity contribution is 5.81. The van der Waals surface area contributed by atoms with Crippen molar-refractivity contribution in [2.45, 2.75) is 6.92 Å². The molecule has 1 aromatic rings. The highest BCUT2D eigenvalue weighted by Gasteiger charge is 2.00. The van der Waals surface area contributed by atoms with Crippen LogP contribution in [0.4, 0.5) is 0 Å². The van der Waals surface area contributed by atoms with Crippen LogP contribution in [0.2, 0.25) is 0 Å². The molecule has 4 heteroatoms. The van der Waals surface area contributed by atoms with Crippen LogP contribution in [0, 0.1) is 6.92 Å². The van der Waals surface area contributed by atoms with Gasteiger partial charge in [-0.25, -0.2) is 4.79 Å². The molecule has 0 fully saturated rings. The first-order valence-corrected chi connectivity index (χ1v) is 5.82. The molecule has 19 heavy (non-hydrogen) atoms. The van der Waals surface area contributed by atoms with E-state index in [4.69, 9.17) is 9.47 Å². The zero-order chi connectivity index (χ0) is 14.1. The Hall–Kier alpha value is -2.36. The Balaban J connectivity index is 2.54. The summed E-state index contributed by atoms with van der Waals surface area (Å²) < 4.78 is 10.3. The highest BCUT2D eigenvalue weighted by Crippen LogP contribution is 2.18. The predicted octanol–water partition coefficient (Wildman–Crippen LogP) is 2.77. The van der Waals surface area contributed by atoms with Gasteiger partial charge in [-0.2, -0.15) is 0 Å². The minimum Gasteiger partial charge on any atom is -0.490 e. The summed E-state index contributed by atoms with van der Waals surface area (Å²) in [5.74, 6) is 0.261. The number of aliphatic imine (C=N–C) groups is 1. The molecule has 0 unspecified atom stereocenters. The molecule has 0 aliphatic heterocycles. The van der Waals surface area contributed by atoms with Gasteiger partial charge in [0.2, 0.25) is 0 Å². The van der Waals surface area contributed by atoms with Crippen LogP contribution in [0.1, 0.15) is 11.1 Å². The van der Waals surface area contributed by atoms with Crippen LogP contribution in [0.15, 0.2) is 42.0 Å². The summed E-state index contributed by atoms with van der Waals surface area (Å²) in [5, 5.41) is 0. The maximum atomic E-state index is 10.8. The molecule has 0 aliphatic rings. The fourth-order valence-electron chi connectivity index (χ4n) is 1.38. The third-order valence-electron chi connectivity index (χ3n) is 2.37. The van der Waals surface area contributed by atoms with Crippen molar-refractivity contribution < 1.29 is 14.3 Å². The van der Waals surface area contributed by atoms with Gasteiger partial charge >= 0.3 is 5.97 Å². The number of benzene rings is 1. The molecule has 0 aromatic heterocycles. The second kappa shape index (κ2) is 7.87. The van der Waals surface area contributed by atoms with Gasteiger partial charge in [0.15, 0.2) is 0 Å². The molecule has 0 amide bonds. The second-order valence-electron chi connectivity index (χ2n) is 3.74. The van der Waals surface area contributed by atoms with E-state index in [9.17, 15) is 4.79 Å². The Morgan fingerprint density at radius 2 is 2.21 bits per heavy atom. The lowest BCUT2D eigenvalue weighted by Crippen LogP contribution is -2.10. The van der Waals surface area contributed by atoms with E-state index in [2.05, 4.69) is 18.3 Å². The molecule has 0 heterocycles. The van der Waals surface area contributed by atoms with Crippen molar-refractivity contribution in [1.82, 2.24) is 0 Å². The van der Waals surface area contributed by atoms with Crippen molar-refractivity contribution in [3.8, 4) is 5.75 Å². The van der Waals surface area contributed by atoms with Crippen LogP contribution < -0.4 is 4.74 Å². The minimum absolute atomic E-state index is 0.193. The predicted molar refractivity (Wildman–Crippen MR) is 76.4 cm³/mol. The Morgan fingerprint density at radius 1 is 1.42 bits per heavy atom. The third kappa shape index (κ3) is 5.21. The molecule has 0 N–H and O–H groups in total. The van der Waals surface area contributed by atoms with Crippen LogP contribution in [-0.2, 0) is 9.53 Å². The van der Waals surface area contributed by atoms with E-state index >= 15 is 0 Å². The molecular formula is C15H17NO3. The van der Waals surface area contributed by atoms with Gasteiger partial charge in [0, 0.05) is 12.3 Å². The molecule has 4 nitrogen and oxygen atoms in total. The summed E-state index contributed by atoms with van der Waals surface area (Å²) in [6.07, 6.45) is 4.60. The maximum Gasteiger partial charge on any atom is 0.330 e. The molecule has 1 aromatic carbocycles. The zero-order valence-electron chi connectivity index (χ0n) is 11.0.